The van der Waals surface area contributed by atoms with Crippen LogP contribution in [0.1, 0.15) is 43.1 Å². The van der Waals surface area contributed by atoms with Crippen molar-refractivity contribution in [2.75, 3.05) is 26.2 Å². The first-order valence-corrected chi connectivity index (χ1v) is 10.3. The van der Waals surface area contributed by atoms with Gasteiger partial charge in [-0.05, 0) is 51.7 Å². The van der Waals surface area contributed by atoms with Gasteiger partial charge in [0.2, 0.25) is 0 Å². The molecule has 0 bridgehead atoms. The zero-order chi connectivity index (χ0) is 20.0. The summed E-state index contributed by atoms with van der Waals surface area (Å²) in [6, 6.07) is 12.4. The van der Waals surface area contributed by atoms with Gasteiger partial charge in [0, 0.05) is 38.5 Å². The van der Waals surface area contributed by atoms with Crippen molar-refractivity contribution in [3.05, 3.63) is 53.3 Å². The summed E-state index contributed by atoms with van der Waals surface area (Å²) in [5.74, 6) is 0.890. The molecule has 2 N–H and O–H groups in total. The highest BCUT2D eigenvalue weighted by molar-refractivity contribution is 14.0. The first kappa shape index (κ1) is 25.4. The fourth-order valence-corrected chi connectivity index (χ4v) is 2.95. The number of nitrogens with one attached hydrogen (secondary N) is 2. The number of hydrogen-bond acceptors (Lipinski definition) is 3. The van der Waals surface area contributed by atoms with Gasteiger partial charge in [-0.25, -0.2) is 0 Å². The van der Waals surface area contributed by atoms with Gasteiger partial charge in [0.25, 0.3) is 0 Å². The molecule has 1 aromatic carbocycles. The van der Waals surface area contributed by atoms with Crippen molar-refractivity contribution >= 4 is 29.9 Å². The van der Waals surface area contributed by atoms with E-state index >= 15 is 0 Å². The smallest absolute Gasteiger partial charge is 0.191 e. The summed E-state index contributed by atoms with van der Waals surface area (Å²) in [5.41, 5.74) is 3.51. The van der Waals surface area contributed by atoms with Gasteiger partial charge in [-0.15, -0.1) is 24.0 Å². The summed E-state index contributed by atoms with van der Waals surface area (Å²) in [4.78, 5) is 4.66. The summed E-state index contributed by atoms with van der Waals surface area (Å²) < 4.78 is 7.78. The lowest BCUT2D eigenvalue weighted by Crippen LogP contribution is -2.38. The van der Waals surface area contributed by atoms with Crippen molar-refractivity contribution in [2.24, 2.45) is 4.99 Å². The third-order valence-electron chi connectivity index (χ3n) is 4.36. The van der Waals surface area contributed by atoms with Crippen LogP contribution in [-0.2, 0) is 17.9 Å². The Morgan fingerprint density at radius 2 is 1.90 bits per heavy atom. The Labute approximate surface area is 192 Å². The van der Waals surface area contributed by atoms with E-state index in [1.54, 1.807) is 0 Å². The highest BCUT2D eigenvalue weighted by Gasteiger charge is 2.01. The van der Waals surface area contributed by atoms with E-state index in [9.17, 15) is 0 Å². The average molecular weight is 513 g/mol. The maximum absolute atomic E-state index is 5.73. The predicted molar refractivity (Wildman–Crippen MR) is 131 cm³/mol. The van der Waals surface area contributed by atoms with E-state index in [1.807, 2.05) is 25.1 Å². The minimum absolute atomic E-state index is 0. The Morgan fingerprint density at radius 1 is 1.10 bits per heavy atom. The number of aromatic nitrogens is 2. The van der Waals surface area contributed by atoms with Gasteiger partial charge < -0.3 is 15.4 Å². The van der Waals surface area contributed by atoms with Gasteiger partial charge in [0.15, 0.2) is 5.96 Å². The molecule has 0 saturated heterocycles. The average Bonchev–Trinajstić information content (AvgIpc) is 3.02. The van der Waals surface area contributed by atoms with Gasteiger partial charge >= 0.3 is 0 Å². The lowest BCUT2D eigenvalue weighted by Gasteiger charge is -2.11. The van der Waals surface area contributed by atoms with Crippen molar-refractivity contribution in [3.8, 4) is 0 Å². The van der Waals surface area contributed by atoms with Crippen molar-refractivity contribution < 1.29 is 4.74 Å². The number of hydrogen-bond donors (Lipinski definition) is 2. The number of unbranched alkanes of at least 4 members (excludes halogenated alkanes) is 1. The van der Waals surface area contributed by atoms with Gasteiger partial charge in [-0.1, -0.05) is 30.3 Å². The van der Waals surface area contributed by atoms with E-state index in [2.05, 4.69) is 57.5 Å². The summed E-state index contributed by atoms with van der Waals surface area (Å²) in [6.07, 6.45) is 3.08. The number of rotatable bonds is 12. The molecule has 29 heavy (non-hydrogen) atoms. The molecular weight excluding hydrogens is 477 g/mol. The maximum Gasteiger partial charge on any atom is 0.191 e. The summed E-state index contributed by atoms with van der Waals surface area (Å²) in [6.45, 7) is 11.1. The van der Waals surface area contributed by atoms with Gasteiger partial charge in [-0.3, -0.25) is 9.67 Å². The van der Waals surface area contributed by atoms with Crippen molar-refractivity contribution in [2.45, 2.75) is 53.2 Å². The SMILES string of the molecule is CCNC(=NCCCn1nc(C)cc1C)NCCCCOCc1ccccc1.I. The monoisotopic (exact) mass is 513 g/mol. The van der Waals surface area contributed by atoms with Gasteiger partial charge in [0.1, 0.15) is 0 Å². The molecule has 2 aromatic rings. The van der Waals surface area contributed by atoms with Crippen molar-refractivity contribution in [1.82, 2.24) is 20.4 Å². The number of benzene rings is 1. The van der Waals surface area contributed by atoms with E-state index < -0.39 is 0 Å². The summed E-state index contributed by atoms with van der Waals surface area (Å²) in [5, 5.41) is 11.2. The van der Waals surface area contributed by atoms with Crippen LogP contribution in [0.2, 0.25) is 0 Å². The molecule has 0 fully saturated rings. The van der Waals surface area contributed by atoms with Crippen molar-refractivity contribution in [1.29, 1.82) is 0 Å². The van der Waals surface area contributed by atoms with Crippen LogP contribution in [0.3, 0.4) is 0 Å². The van der Waals surface area contributed by atoms with Crippen LogP contribution in [0.15, 0.2) is 41.4 Å². The number of aryl methyl sites for hydroxylation is 3. The lowest BCUT2D eigenvalue weighted by atomic mass is 10.2. The summed E-state index contributed by atoms with van der Waals surface area (Å²) >= 11 is 0. The Morgan fingerprint density at radius 3 is 2.59 bits per heavy atom. The van der Waals surface area contributed by atoms with Crippen molar-refractivity contribution in [3.63, 3.8) is 0 Å². The number of aliphatic imine (C=N–C) groups is 1. The van der Waals surface area contributed by atoms with Gasteiger partial charge in [-0.2, -0.15) is 5.10 Å². The van der Waals surface area contributed by atoms with Crippen LogP contribution in [0, 0.1) is 13.8 Å². The molecule has 0 aliphatic carbocycles. The first-order chi connectivity index (χ1) is 13.7. The molecule has 1 aromatic heterocycles. The molecule has 2 rings (SSSR count). The second-order valence-electron chi connectivity index (χ2n) is 6.94. The molecule has 0 aliphatic rings. The number of guanidine groups is 1. The standard InChI is InChI=1S/C22H35N5O.HI/c1-4-23-22(25-14-10-15-27-20(3)17-19(2)26-27)24-13-8-9-16-28-18-21-11-6-5-7-12-21;/h5-7,11-12,17H,4,8-10,13-16,18H2,1-3H3,(H2,23,24,25);1H. The van der Waals surface area contributed by atoms with E-state index in [0.29, 0.717) is 6.61 Å². The van der Waals surface area contributed by atoms with Gasteiger partial charge in [0.05, 0.1) is 12.3 Å². The minimum Gasteiger partial charge on any atom is -0.377 e. The van der Waals surface area contributed by atoms with E-state index in [1.165, 1.54) is 11.3 Å². The second-order valence-corrected chi connectivity index (χ2v) is 6.94. The lowest BCUT2D eigenvalue weighted by molar-refractivity contribution is 0.117. The maximum atomic E-state index is 5.73. The van der Waals surface area contributed by atoms with Crippen LogP contribution in [0.25, 0.3) is 0 Å². The zero-order valence-corrected chi connectivity index (χ0v) is 20.3. The highest BCUT2D eigenvalue weighted by Crippen LogP contribution is 2.03. The minimum atomic E-state index is 0. The molecule has 6 nitrogen and oxygen atoms in total. The number of ether oxygens (including phenoxy) is 1. The second kappa shape index (κ2) is 15.3. The molecule has 0 atom stereocenters. The largest absolute Gasteiger partial charge is 0.377 e. The molecule has 1 heterocycles. The predicted octanol–water partition coefficient (Wildman–Crippen LogP) is 4.06. The first-order valence-electron chi connectivity index (χ1n) is 10.3. The Bertz CT molecular complexity index is 702. The fraction of sp³-hybridized carbons (Fsp3) is 0.545. The topological polar surface area (TPSA) is 63.5 Å². The van der Waals surface area contributed by atoms with Crippen LogP contribution in [-0.4, -0.2) is 42.0 Å². The quantitative estimate of drug-likeness (QED) is 0.195. The van der Waals surface area contributed by atoms with Crippen LogP contribution in [0.5, 0.6) is 0 Å². The third kappa shape index (κ3) is 10.7. The molecule has 0 unspecified atom stereocenters. The molecule has 0 saturated carbocycles. The zero-order valence-electron chi connectivity index (χ0n) is 18.0. The van der Waals surface area contributed by atoms with Crippen LogP contribution in [0.4, 0.5) is 0 Å². The van der Waals surface area contributed by atoms with E-state index in [0.717, 1.165) is 63.7 Å². The molecular formula is C22H36IN5O. The molecule has 0 aliphatic heterocycles. The highest BCUT2D eigenvalue weighted by atomic mass is 127. The number of nitrogens with zero attached hydrogens (tertiary/aromatic N) is 3. The molecule has 0 spiro atoms. The fourth-order valence-electron chi connectivity index (χ4n) is 2.95. The molecule has 0 amide bonds. The summed E-state index contributed by atoms with van der Waals surface area (Å²) in [7, 11) is 0. The Hall–Kier alpha value is -1.61. The third-order valence-corrected chi connectivity index (χ3v) is 4.36. The van der Waals surface area contributed by atoms with Crippen LogP contribution < -0.4 is 10.6 Å². The normalized spacial score (nSPS) is 11.2. The molecule has 7 heteroatoms. The Balaban J connectivity index is 0.00000420. The number of halogens is 1. The Kier molecular flexibility index (Phi) is 13.4. The van der Waals surface area contributed by atoms with E-state index in [4.69, 9.17) is 4.74 Å². The molecule has 162 valence electrons. The van der Waals surface area contributed by atoms with E-state index in [-0.39, 0.29) is 24.0 Å². The van der Waals surface area contributed by atoms with Crippen LogP contribution >= 0.6 is 24.0 Å². The molecule has 0 radical (unpaired) electrons.